The minimum absolute atomic E-state index is 0.853. The summed E-state index contributed by atoms with van der Waals surface area (Å²) >= 11 is 0. The molecule has 2 aromatic rings. The van der Waals surface area contributed by atoms with Gasteiger partial charge in [0.2, 0.25) is 0 Å². The highest BCUT2D eigenvalue weighted by Crippen LogP contribution is 2.12. The Kier molecular flexibility index (Phi) is 3.77. The van der Waals surface area contributed by atoms with Crippen molar-refractivity contribution in [1.82, 2.24) is 0 Å². The van der Waals surface area contributed by atoms with Gasteiger partial charge in [-0.15, -0.1) is 0 Å². The van der Waals surface area contributed by atoms with Crippen LogP contribution in [-0.2, 0) is 0 Å². The summed E-state index contributed by atoms with van der Waals surface area (Å²) in [6.45, 7) is 3.79. The van der Waals surface area contributed by atoms with Crippen molar-refractivity contribution >= 4 is 18.2 Å². The highest BCUT2D eigenvalue weighted by molar-refractivity contribution is 5.65. The van der Waals surface area contributed by atoms with Crippen LogP contribution in [0.2, 0.25) is 0 Å². The van der Waals surface area contributed by atoms with Crippen LogP contribution < -0.4 is 0 Å². The molecule has 0 bridgehead atoms. The molecule has 2 rings (SSSR count). The molecule has 0 spiro atoms. The van der Waals surface area contributed by atoms with Gasteiger partial charge in [0.25, 0.3) is 0 Å². The fraction of sp³-hybridized carbons (Fsp3) is 0. The molecule has 1 heteroatoms. The van der Waals surface area contributed by atoms with Gasteiger partial charge in [0.05, 0.1) is 6.26 Å². The van der Waals surface area contributed by atoms with E-state index in [9.17, 15) is 0 Å². The van der Waals surface area contributed by atoms with Crippen molar-refractivity contribution in [3.63, 3.8) is 0 Å². The van der Waals surface area contributed by atoms with E-state index in [4.69, 9.17) is 4.42 Å². The van der Waals surface area contributed by atoms with Crippen LogP contribution in [0.25, 0.3) is 18.2 Å². The van der Waals surface area contributed by atoms with Gasteiger partial charge in [0.1, 0.15) is 5.76 Å². The van der Waals surface area contributed by atoms with Gasteiger partial charge in [-0.25, -0.2) is 0 Å². The summed E-state index contributed by atoms with van der Waals surface area (Å²) in [6, 6.07) is 11.9. The molecule has 0 aliphatic rings. The Morgan fingerprint density at radius 3 is 2.35 bits per heavy atom. The van der Waals surface area contributed by atoms with E-state index in [1.54, 1.807) is 6.26 Å². The third kappa shape index (κ3) is 3.08. The number of rotatable bonds is 4. The first-order valence-corrected chi connectivity index (χ1v) is 5.50. The van der Waals surface area contributed by atoms with Gasteiger partial charge >= 0.3 is 0 Å². The lowest BCUT2D eigenvalue weighted by atomic mass is 10.1. The van der Waals surface area contributed by atoms with Crippen molar-refractivity contribution in [2.24, 2.45) is 0 Å². The lowest BCUT2D eigenvalue weighted by Gasteiger charge is -1.97. The number of hydrogen-bond donors (Lipinski definition) is 0. The Bertz CT molecular complexity index is 530. The van der Waals surface area contributed by atoms with Crippen molar-refractivity contribution in [2.45, 2.75) is 0 Å². The van der Waals surface area contributed by atoms with Crippen molar-refractivity contribution in [3.8, 4) is 0 Å². The predicted molar refractivity (Wildman–Crippen MR) is 73.3 cm³/mol. The van der Waals surface area contributed by atoms with Crippen molar-refractivity contribution in [3.05, 3.63) is 78.3 Å². The van der Waals surface area contributed by atoms with Crippen LogP contribution in [0.15, 0.2) is 65.8 Å². The molecule has 0 N–H and O–H groups in total. The summed E-state index contributed by atoms with van der Waals surface area (Å²) < 4.78 is 5.19. The maximum absolute atomic E-state index is 5.19. The van der Waals surface area contributed by atoms with Crippen molar-refractivity contribution < 1.29 is 4.42 Å². The molecule has 0 fully saturated rings. The molecule has 0 aliphatic heterocycles. The molecule has 0 atom stereocenters. The molecule has 1 heterocycles. The van der Waals surface area contributed by atoms with Crippen LogP contribution in [0.1, 0.15) is 16.9 Å². The molecular formula is C16H14O. The summed E-state index contributed by atoms with van der Waals surface area (Å²) in [5.41, 5.74) is 2.29. The van der Waals surface area contributed by atoms with Gasteiger partial charge < -0.3 is 4.42 Å². The van der Waals surface area contributed by atoms with Gasteiger partial charge in [-0.3, -0.25) is 0 Å². The molecule has 0 aliphatic carbocycles. The molecular weight excluding hydrogens is 208 g/mol. The molecule has 0 radical (unpaired) electrons. The van der Waals surface area contributed by atoms with E-state index in [0.717, 1.165) is 16.9 Å². The third-order valence-electron chi connectivity index (χ3n) is 2.41. The SMILES string of the molecule is C=Cc1ccccc1/C=C\C=C\c1ccco1. The van der Waals surface area contributed by atoms with Crippen LogP contribution in [-0.4, -0.2) is 0 Å². The van der Waals surface area contributed by atoms with Gasteiger partial charge in [-0.1, -0.05) is 55.1 Å². The van der Waals surface area contributed by atoms with Gasteiger partial charge in [0.15, 0.2) is 0 Å². The Balaban J connectivity index is 2.08. The molecule has 17 heavy (non-hydrogen) atoms. The molecule has 0 amide bonds. The second-order valence-electron chi connectivity index (χ2n) is 3.57. The predicted octanol–water partition coefficient (Wildman–Crippen LogP) is 4.65. The second-order valence-corrected chi connectivity index (χ2v) is 3.57. The van der Waals surface area contributed by atoms with Crippen LogP contribution in [0.3, 0.4) is 0 Å². The normalized spacial score (nSPS) is 11.3. The minimum atomic E-state index is 0.853. The first kappa shape index (κ1) is 11.2. The van der Waals surface area contributed by atoms with Crippen LogP contribution in [0.4, 0.5) is 0 Å². The summed E-state index contributed by atoms with van der Waals surface area (Å²) in [6.07, 6.45) is 11.4. The van der Waals surface area contributed by atoms with Crippen LogP contribution in [0, 0.1) is 0 Å². The highest BCUT2D eigenvalue weighted by Gasteiger charge is 1.91. The molecule has 0 saturated carbocycles. The summed E-state index contributed by atoms with van der Waals surface area (Å²) in [4.78, 5) is 0. The van der Waals surface area contributed by atoms with E-state index in [0.29, 0.717) is 0 Å². The van der Waals surface area contributed by atoms with Gasteiger partial charge in [-0.2, -0.15) is 0 Å². The first-order chi connectivity index (χ1) is 8.40. The van der Waals surface area contributed by atoms with Crippen LogP contribution in [0.5, 0.6) is 0 Å². The molecule has 0 saturated heterocycles. The first-order valence-electron chi connectivity index (χ1n) is 5.50. The number of allylic oxidation sites excluding steroid dienone is 2. The zero-order valence-corrected chi connectivity index (χ0v) is 9.54. The largest absolute Gasteiger partial charge is 0.465 e. The maximum Gasteiger partial charge on any atom is 0.126 e. The molecule has 1 nitrogen and oxygen atoms in total. The quantitative estimate of drug-likeness (QED) is 0.686. The lowest BCUT2D eigenvalue weighted by molar-refractivity contribution is 0.557. The topological polar surface area (TPSA) is 13.1 Å². The number of furan rings is 1. The summed E-state index contributed by atoms with van der Waals surface area (Å²) in [7, 11) is 0. The average molecular weight is 222 g/mol. The minimum Gasteiger partial charge on any atom is -0.465 e. The van der Waals surface area contributed by atoms with Gasteiger partial charge in [-0.05, 0) is 29.3 Å². The molecule has 1 aromatic heterocycles. The molecule has 1 aromatic carbocycles. The van der Waals surface area contributed by atoms with E-state index in [2.05, 4.69) is 18.7 Å². The molecule has 0 unspecified atom stereocenters. The Morgan fingerprint density at radius 1 is 0.882 bits per heavy atom. The van der Waals surface area contributed by atoms with E-state index in [-0.39, 0.29) is 0 Å². The fourth-order valence-corrected chi connectivity index (χ4v) is 1.54. The van der Waals surface area contributed by atoms with E-state index in [1.165, 1.54) is 0 Å². The maximum atomic E-state index is 5.19. The number of benzene rings is 1. The fourth-order valence-electron chi connectivity index (χ4n) is 1.54. The van der Waals surface area contributed by atoms with Crippen LogP contribution >= 0.6 is 0 Å². The Labute approximate surface area is 101 Å². The standard InChI is InChI=1S/C16H14O/c1-2-14-8-3-4-9-15(14)10-5-6-11-16-12-7-13-17-16/h2-13H,1H2/b10-5-,11-6+. The monoisotopic (exact) mass is 222 g/mol. The zero-order chi connectivity index (χ0) is 11.9. The average Bonchev–Trinajstić information content (AvgIpc) is 2.88. The second kappa shape index (κ2) is 5.71. The zero-order valence-electron chi connectivity index (χ0n) is 9.54. The summed E-state index contributed by atoms with van der Waals surface area (Å²) in [5, 5.41) is 0. The highest BCUT2D eigenvalue weighted by atomic mass is 16.3. The van der Waals surface area contributed by atoms with Crippen molar-refractivity contribution in [1.29, 1.82) is 0 Å². The lowest BCUT2D eigenvalue weighted by Crippen LogP contribution is -1.77. The summed E-state index contributed by atoms with van der Waals surface area (Å²) in [5.74, 6) is 0.853. The van der Waals surface area contributed by atoms with E-state index < -0.39 is 0 Å². The smallest absolute Gasteiger partial charge is 0.126 e. The Morgan fingerprint density at radius 2 is 1.65 bits per heavy atom. The van der Waals surface area contributed by atoms with E-state index >= 15 is 0 Å². The molecule has 84 valence electrons. The third-order valence-corrected chi connectivity index (χ3v) is 2.41. The van der Waals surface area contributed by atoms with Gasteiger partial charge in [0, 0.05) is 0 Å². The number of hydrogen-bond acceptors (Lipinski definition) is 1. The van der Waals surface area contributed by atoms with E-state index in [1.807, 2.05) is 54.6 Å². The van der Waals surface area contributed by atoms with Crippen molar-refractivity contribution in [2.75, 3.05) is 0 Å². The Hall–Kier alpha value is -2.28.